The SMILES string of the molecule is CCn1nc2n(c(=O)c1=O)C[C@H]1CCN(C(=O)c3ccsc3)C[C@@H]21. The minimum absolute atomic E-state index is 0.0208. The van der Waals surface area contributed by atoms with Crippen LogP contribution in [0.25, 0.3) is 0 Å². The van der Waals surface area contributed by atoms with Crippen molar-refractivity contribution in [3.05, 3.63) is 48.9 Å². The van der Waals surface area contributed by atoms with Crippen molar-refractivity contribution in [2.75, 3.05) is 13.1 Å². The van der Waals surface area contributed by atoms with Crippen LogP contribution in [-0.4, -0.2) is 38.2 Å². The zero-order valence-corrected chi connectivity index (χ0v) is 14.2. The van der Waals surface area contributed by atoms with Crippen LogP contribution in [0.1, 0.15) is 35.4 Å². The van der Waals surface area contributed by atoms with E-state index in [9.17, 15) is 14.4 Å². The Morgan fingerprint density at radius 1 is 1.33 bits per heavy atom. The lowest BCUT2D eigenvalue weighted by Crippen LogP contribution is -2.44. The van der Waals surface area contributed by atoms with Gasteiger partial charge < -0.3 is 4.90 Å². The first kappa shape index (κ1) is 15.3. The summed E-state index contributed by atoms with van der Waals surface area (Å²) >= 11 is 1.51. The Morgan fingerprint density at radius 2 is 2.17 bits per heavy atom. The van der Waals surface area contributed by atoms with Crippen molar-refractivity contribution in [2.24, 2.45) is 5.92 Å². The fourth-order valence-electron chi connectivity index (χ4n) is 3.72. The smallest absolute Gasteiger partial charge is 0.332 e. The summed E-state index contributed by atoms with van der Waals surface area (Å²) in [5, 5.41) is 8.15. The number of carbonyl (C=O) groups is 1. The molecule has 0 N–H and O–H groups in total. The molecule has 0 bridgehead atoms. The number of likely N-dealkylation sites (tertiary alicyclic amines) is 1. The second-order valence-corrected chi connectivity index (χ2v) is 7.09. The maximum atomic E-state index is 12.6. The Morgan fingerprint density at radius 3 is 2.88 bits per heavy atom. The molecule has 1 saturated heterocycles. The van der Waals surface area contributed by atoms with Gasteiger partial charge in [-0.05, 0) is 30.7 Å². The molecular weight excluding hydrogens is 328 g/mol. The molecule has 2 aliphatic rings. The van der Waals surface area contributed by atoms with Gasteiger partial charge in [0.25, 0.3) is 5.91 Å². The molecule has 8 heteroatoms. The second kappa shape index (κ2) is 5.70. The highest BCUT2D eigenvalue weighted by molar-refractivity contribution is 7.08. The fraction of sp³-hybridized carbons (Fsp3) is 0.500. The van der Waals surface area contributed by atoms with Crippen LogP contribution in [0.3, 0.4) is 0 Å². The number of hydrogen-bond acceptors (Lipinski definition) is 5. The van der Waals surface area contributed by atoms with E-state index in [1.54, 1.807) is 6.92 Å². The van der Waals surface area contributed by atoms with E-state index in [0.29, 0.717) is 37.6 Å². The van der Waals surface area contributed by atoms with Gasteiger partial charge in [0, 0.05) is 37.5 Å². The van der Waals surface area contributed by atoms with Crippen molar-refractivity contribution < 1.29 is 4.79 Å². The number of fused-ring (bicyclic) bond motifs is 3. The molecule has 0 saturated carbocycles. The third kappa shape index (κ3) is 2.24. The van der Waals surface area contributed by atoms with Crippen LogP contribution >= 0.6 is 11.3 Å². The normalized spacial score (nSPS) is 22.3. The standard InChI is InChI=1S/C16H18N4O3S/c1-2-20-16(23)15(22)19-7-10-3-5-18(8-12(10)13(19)17-20)14(21)11-4-6-24-9-11/h4,6,9-10,12H,2-3,5,7-8H2,1H3/t10-,12-/m1/s1. The molecule has 2 aromatic rings. The summed E-state index contributed by atoms with van der Waals surface area (Å²) < 4.78 is 2.75. The quantitative estimate of drug-likeness (QED) is 0.752. The molecule has 4 heterocycles. The molecule has 0 aromatic carbocycles. The Labute approximate surface area is 142 Å². The highest BCUT2D eigenvalue weighted by Gasteiger charge is 2.41. The summed E-state index contributed by atoms with van der Waals surface area (Å²) in [5.74, 6) is 0.963. The van der Waals surface area contributed by atoms with Gasteiger partial charge in [-0.2, -0.15) is 16.4 Å². The maximum Gasteiger partial charge on any atom is 0.332 e. The number of amides is 1. The van der Waals surface area contributed by atoms with E-state index in [0.717, 1.165) is 6.42 Å². The highest BCUT2D eigenvalue weighted by Crippen LogP contribution is 2.37. The molecule has 2 atom stereocenters. The number of thiophene rings is 1. The number of piperidine rings is 1. The van der Waals surface area contributed by atoms with Gasteiger partial charge in [0.1, 0.15) is 5.82 Å². The first-order valence-electron chi connectivity index (χ1n) is 8.13. The van der Waals surface area contributed by atoms with Crippen LogP contribution in [0, 0.1) is 5.92 Å². The third-order valence-corrected chi connectivity index (χ3v) is 5.71. The Bertz CT molecular complexity index is 899. The van der Waals surface area contributed by atoms with Crippen molar-refractivity contribution >= 4 is 17.2 Å². The van der Waals surface area contributed by atoms with Crippen LogP contribution in [-0.2, 0) is 13.1 Å². The van der Waals surface area contributed by atoms with E-state index in [4.69, 9.17) is 0 Å². The number of rotatable bonds is 2. The summed E-state index contributed by atoms with van der Waals surface area (Å²) in [6.07, 6.45) is 0.823. The van der Waals surface area contributed by atoms with Crippen molar-refractivity contribution in [3.63, 3.8) is 0 Å². The van der Waals surface area contributed by atoms with Gasteiger partial charge in [0.15, 0.2) is 0 Å². The molecule has 0 unspecified atom stereocenters. The van der Waals surface area contributed by atoms with Crippen molar-refractivity contribution in [2.45, 2.75) is 32.4 Å². The molecule has 24 heavy (non-hydrogen) atoms. The fourth-order valence-corrected chi connectivity index (χ4v) is 4.35. The predicted octanol–water partition coefficient (Wildman–Crippen LogP) is 0.746. The zero-order valence-electron chi connectivity index (χ0n) is 13.3. The Kier molecular flexibility index (Phi) is 3.64. The average molecular weight is 346 g/mol. The molecule has 0 spiro atoms. The van der Waals surface area contributed by atoms with Crippen LogP contribution in [0.2, 0.25) is 0 Å². The minimum Gasteiger partial charge on any atom is -0.338 e. The lowest BCUT2D eigenvalue weighted by molar-refractivity contribution is 0.0668. The van der Waals surface area contributed by atoms with Crippen LogP contribution < -0.4 is 11.1 Å². The summed E-state index contributed by atoms with van der Waals surface area (Å²) in [7, 11) is 0. The highest BCUT2D eigenvalue weighted by atomic mass is 32.1. The van der Waals surface area contributed by atoms with E-state index in [2.05, 4.69) is 5.10 Å². The summed E-state index contributed by atoms with van der Waals surface area (Å²) in [6, 6.07) is 1.83. The number of carbonyl (C=O) groups excluding carboxylic acids is 1. The van der Waals surface area contributed by atoms with E-state index < -0.39 is 11.1 Å². The lowest BCUT2D eigenvalue weighted by atomic mass is 9.87. The van der Waals surface area contributed by atoms with Gasteiger partial charge in [-0.1, -0.05) is 0 Å². The van der Waals surface area contributed by atoms with Crippen molar-refractivity contribution in [1.82, 2.24) is 19.2 Å². The Hall–Kier alpha value is -2.22. The van der Waals surface area contributed by atoms with E-state index in [1.165, 1.54) is 20.6 Å². The van der Waals surface area contributed by atoms with Crippen LogP contribution in [0.15, 0.2) is 26.4 Å². The van der Waals surface area contributed by atoms with E-state index in [1.807, 2.05) is 21.7 Å². The molecular formula is C16H18N4O3S. The number of aromatic nitrogens is 3. The molecule has 2 aromatic heterocycles. The van der Waals surface area contributed by atoms with Gasteiger partial charge in [0.05, 0.1) is 5.56 Å². The molecule has 7 nitrogen and oxygen atoms in total. The van der Waals surface area contributed by atoms with Gasteiger partial charge in [-0.3, -0.25) is 19.0 Å². The molecule has 2 aliphatic heterocycles. The van der Waals surface area contributed by atoms with Gasteiger partial charge in [-0.15, -0.1) is 0 Å². The number of nitrogens with zero attached hydrogens (tertiary/aromatic N) is 4. The van der Waals surface area contributed by atoms with E-state index >= 15 is 0 Å². The molecule has 0 radical (unpaired) electrons. The monoisotopic (exact) mass is 346 g/mol. The first-order valence-corrected chi connectivity index (χ1v) is 9.07. The summed E-state index contributed by atoms with van der Waals surface area (Å²) in [4.78, 5) is 38.7. The number of hydrogen-bond donors (Lipinski definition) is 0. The molecule has 1 amide bonds. The first-order chi connectivity index (χ1) is 11.6. The third-order valence-electron chi connectivity index (χ3n) is 5.02. The maximum absolute atomic E-state index is 12.6. The molecule has 126 valence electrons. The topological polar surface area (TPSA) is 77.2 Å². The molecule has 4 rings (SSSR count). The number of aryl methyl sites for hydroxylation is 1. The minimum atomic E-state index is -0.564. The van der Waals surface area contributed by atoms with Crippen LogP contribution in [0.4, 0.5) is 0 Å². The van der Waals surface area contributed by atoms with Gasteiger partial charge in [-0.25, -0.2) is 4.68 Å². The van der Waals surface area contributed by atoms with Gasteiger partial charge in [0.2, 0.25) is 0 Å². The second-order valence-electron chi connectivity index (χ2n) is 6.31. The zero-order chi connectivity index (χ0) is 16.8. The van der Waals surface area contributed by atoms with Gasteiger partial charge >= 0.3 is 11.1 Å². The Balaban J connectivity index is 1.68. The molecule has 0 aliphatic carbocycles. The van der Waals surface area contributed by atoms with E-state index in [-0.39, 0.29) is 17.7 Å². The van der Waals surface area contributed by atoms with Crippen LogP contribution in [0.5, 0.6) is 0 Å². The molecule has 1 fully saturated rings. The lowest BCUT2D eigenvalue weighted by Gasteiger charge is -2.34. The average Bonchev–Trinajstić information content (AvgIpc) is 3.24. The van der Waals surface area contributed by atoms with Crippen molar-refractivity contribution in [1.29, 1.82) is 0 Å². The van der Waals surface area contributed by atoms with Crippen molar-refractivity contribution in [3.8, 4) is 0 Å². The predicted molar refractivity (Wildman–Crippen MR) is 89.5 cm³/mol. The largest absolute Gasteiger partial charge is 0.338 e. The summed E-state index contributed by atoms with van der Waals surface area (Å²) in [6.45, 7) is 3.93. The summed E-state index contributed by atoms with van der Waals surface area (Å²) in [5.41, 5.74) is -0.349.